The Morgan fingerprint density at radius 2 is 1.88 bits per heavy atom. The quantitative estimate of drug-likeness (QED) is 0.175. The Morgan fingerprint density at radius 1 is 1.12 bits per heavy atom. The van der Waals surface area contributed by atoms with Gasteiger partial charge in [0.1, 0.15) is 12.4 Å². The highest BCUT2D eigenvalue weighted by atomic mass is 32.2. The molecule has 1 aromatic carbocycles. The highest BCUT2D eigenvalue weighted by Crippen LogP contribution is 2.27. The average Bonchev–Trinajstić information content (AvgIpc) is 3.30. The second kappa shape index (κ2) is 14.2. The predicted octanol–water partition coefficient (Wildman–Crippen LogP) is 4.08. The van der Waals surface area contributed by atoms with Gasteiger partial charge in [0.05, 0.1) is 36.5 Å². The van der Waals surface area contributed by atoms with Gasteiger partial charge in [-0.1, -0.05) is 12.1 Å². The molecule has 0 aliphatic heterocycles. The van der Waals surface area contributed by atoms with Gasteiger partial charge in [0.25, 0.3) is 0 Å². The van der Waals surface area contributed by atoms with Crippen LogP contribution < -0.4 is 4.74 Å². The molecule has 1 amide bonds. The normalized spacial score (nSPS) is 12.3. The molecule has 0 saturated carbocycles. The Hall–Kier alpha value is -3.56. The summed E-state index contributed by atoms with van der Waals surface area (Å²) in [5.41, 5.74) is 1.41. The minimum absolute atomic E-state index is 0.0122. The summed E-state index contributed by atoms with van der Waals surface area (Å²) in [7, 11) is 1.54. The molecule has 0 saturated heterocycles. The minimum atomic E-state index is -4.52. The number of hydrogen-bond donors (Lipinski definition) is 0. The molecule has 0 N–H and O–H groups in total. The zero-order chi connectivity index (χ0) is 29.3. The number of nitrogens with zero attached hydrogens (tertiary/aromatic N) is 4. The molecular weight excluding hydrogens is 557 g/mol. The lowest BCUT2D eigenvalue weighted by atomic mass is 10.2. The predicted molar refractivity (Wildman–Crippen MR) is 138 cm³/mol. The topological polar surface area (TPSA) is 128 Å². The van der Waals surface area contributed by atoms with Crippen LogP contribution in [0.4, 0.5) is 22.8 Å². The lowest BCUT2D eigenvalue weighted by Crippen LogP contribution is -2.35. The Kier molecular flexibility index (Phi) is 11.0. The van der Waals surface area contributed by atoms with E-state index in [4.69, 9.17) is 14.2 Å². The Balaban J connectivity index is 1.71. The molecule has 15 heteroatoms. The van der Waals surface area contributed by atoms with Gasteiger partial charge in [-0.25, -0.2) is 14.2 Å². The second-order valence-electron chi connectivity index (χ2n) is 8.34. The number of benzene rings is 1. The summed E-state index contributed by atoms with van der Waals surface area (Å²) < 4.78 is 72.3. The summed E-state index contributed by atoms with van der Waals surface area (Å²) in [5, 5.41) is -0.0374. The number of para-hydroxylation sites is 2. The number of alkyl halides is 3. The molecular formula is C25H29F3N4O7S. The van der Waals surface area contributed by atoms with Gasteiger partial charge in [0.2, 0.25) is 0 Å². The molecule has 2 heterocycles. The van der Waals surface area contributed by atoms with Gasteiger partial charge in [-0.3, -0.25) is 4.98 Å². The number of carbonyl (C=O) groups is 2. The Labute approximate surface area is 231 Å². The first-order chi connectivity index (χ1) is 19.0. The van der Waals surface area contributed by atoms with E-state index in [1.807, 2.05) is 0 Å². The minimum Gasteiger partial charge on any atom is -0.609 e. The third-order valence-electron chi connectivity index (χ3n) is 5.45. The van der Waals surface area contributed by atoms with Crippen LogP contribution in [0.3, 0.4) is 0 Å². The van der Waals surface area contributed by atoms with Gasteiger partial charge in [0.15, 0.2) is 12.4 Å². The number of hydrogen-bond acceptors (Lipinski definition) is 9. The fraction of sp³-hybridized carbons (Fsp3) is 0.440. The number of halogens is 3. The average molecular weight is 587 g/mol. The molecule has 0 bridgehead atoms. The molecule has 11 nitrogen and oxygen atoms in total. The first-order valence-corrected chi connectivity index (χ1v) is 13.5. The first-order valence-electron chi connectivity index (χ1n) is 12.1. The molecule has 3 aromatic rings. The highest BCUT2D eigenvalue weighted by molar-refractivity contribution is 7.90. The number of pyridine rings is 1. The molecule has 0 spiro atoms. The SMILES string of the molecule is CCOC(=O)OCCOCCN(C)C(=O)n1c([S+]([O-])Cc2nccc(OCC(F)(F)F)c2C)nc2ccccc21. The van der Waals surface area contributed by atoms with Crippen molar-refractivity contribution in [2.24, 2.45) is 0 Å². The fourth-order valence-corrected chi connectivity index (χ4v) is 4.71. The maximum atomic E-state index is 13.5. The molecule has 2 aromatic heterocycles. The van der Waals surface area contributed by atoms with Crippen LogP contribution in [0.1, 0.15) is 18.2 Å². The van der Waals surface area contributed by atoms with Crippen molar-refractivity contribution in [2.45, 2.75) is 30.9 Å². The lowest BCUT2D eigenvalue weighted by Gasteiger charge is -2.19. The van der Waals surface area contributed by atoms with E-state index in [9.17, 15) is 27.3 Å². The zero-order valence-electron chi connectivity index (χ0n) is 22.1. The van der Waals surface area contributed by atoms with E-state index in [1.54, 1.807) is 31.2 Å². The van der Waals surface area contributed by atoms with E-state index < -0.39 is 36.1 Å². The molecule has 0 radical (unpaired) electrons. The molecule has 1 unspecified atom stereocenters. The molecule has 40 heavy (non-hydrogen) atoms. The van der Waals surface area contributed by atoms with Crippen molar-refractivity contribution in [3.05, 3.63) is 47.8 Å². The summed E-state index contributed by atoms with van der Waals surface area (Å²) in [6, 6.07) is 7.54. The van der Waals surface area contributed by atoms with Crippen LogP contribution in [0.25, 0.3) is 11.0 Å². The molecule has 1 atom stereocenters. The van der Waals surface area contributed by atoms with Crippen molar-refractivity contribution in [1.82, 2.24) is 19.4 Å². The number of fused-ring (bicyclic) bond motifs is 1. The Bertz CT molecular complexity index is 1310. The number of rotatable bonds is 12. The van der Waals surface area contributed by atoms with Gasteiger partial charge in [-0.15, -0.1) is 0 Å². The van der Waals surface area contributed by atoms with Crippen molar-refractivity contribution in [2.75, 3.05) is 46.6 Å². The third kappa shape index (κ3) is 8.47. The van der Waals surface area contributed by atoms with Crippen LogP contribution in [0.15, 0.2) is 41.7 Å². The smallest absolute Gasteiger partial charge is 0.508 e. The van der Waals surface area contributed by atoms with E-state index in [2.05, 4.69) is 14.7 Å². The Morgan fingerprint density at radius 3 is 2.60 bits per heavy atom. The number of ether oxygens (including phenoxy) is 4. The number of carbonyl (C=O) groups excluding carboxylic acids is 2. The lowest BCUT2D eigenvalue weighted by molar-refractivity contribution is -0.153. The van der Waals surface area contributed by atoms with Crippen LogP contribution in [-0.2, 0) is 31.1 Å². The van der Waals surface area contributed by atoms with Crippen molar-refractivity contribution in [3.63, 3.8) is 0 Å². The highest BCUT2D eigenvalue weighted by Gasteiger charge is 2.31. The van der Waals surface area contributed by atoms with E-state index in [-0.39, 0.29) is 55.3 Å². The second-order valence-corrected chi connectivity index (χ2v) is 9.69. The number of imidazole rings is 1. The first kappa shape index (κ1) is 31.0. The molecule has 3 rings (SSSR count). The van der Waals surface area contributed by atoms with E-state index in [1.165, 1.54) is 35.7 Å². The summed E-state index contributed by atoms with van der Waals surface area (Å²) in [4.78, 5) is 34.5. The van der Waals surface area contributed by atoms with E-state index in [0.717, 1.165) is 0 Å². The van der Waals surface area contributed by atoms with Gasteiger partial charge in [-0.05, 0) is 32.0 Å². The van der Waals surface area contributed by atoms with Gasteiger partial charge >= 0.3 is 23.5 Å². The van der Waals surface area contributed by atoms with Crippen molar-refractivity contribution >= 4 is 34.4 Å². The monoisotopic (exact) mass is 586 g/mol. The maximum absolute atomic E-state index is 13.5. The zero-order valence-corrected chi connectivity index (χ0v) is 22.9. The fourth-order valence-electron chi connectivity index (χ4n) is 3.46. The van der Waals surface area contributed by atoms with Gasteiger partial charge < -0.3 is 28.4 Å². The van der Waals surface area contributed by atoms with Gasteiger partial charge in [-0.2, -0.15) is 18.2 Å². The summed E-state index contributed by atoms with van der Waals surface area (Å²) >= 11 is -1.90. The third-order valence-corrected chi connectivity index (χ3v) is 6.67. The van der Waals surface area contributed by atoms with Crippen LogP contribution >= 0.6 is 0 Å². The van der Waals surface area contributed by atoms with Crippen LogP contribution in [0.5, 0.6) is 5.75 Å². The number of likely N-dealkylation sites (N-methyl/N-ethyl adjacent to an activating group) is 1. The van der Waals surface area contributed by atoms with Crippen LogP contribution in [0.2, 0.25) is 0 Å². The van der Waals surface area contributed by atoms with Crippen LogP contribution in [0, 0.1) is 6.92 Å². The summed E-state index contributed by atoms with van der Waals surface area (Å²) in [6.07, 6.45) is -4.04. The van der Waals surface area contributed by atoms with Crippen molar-refractivity contribution in [3.8, 4) is 5.75 Å². The standard InChI is InChI=1S/C25H29F3N4O7S/c1-4-37-24(34)38-14-13-36-12-11-31(3)23(33)32-20-8-6-5-7-18(20)30-22(32)40(35)15-19-17(2)21(9-10-29-19)39-16-25(26,27)28/h5-10H,4,11-16H2,1-3H3. The van der Waals surface area contributed by atoms with E-state index in [0.29, 0.717) is 16.6 Å². The summed E-state index contributed by atoms with van der Waals surface area (Å²) in [5.74, 6) is -0.241. The number of amides is 1. The molecule has 0 aliphatic carbocycles. The van der Waals surface area contributed by atoms with Crippen LogP contribution in [-0.4, -0.2) is 89.0 Å². The van der Waals surface area contributed by atoms with Gasteiger partial charge in [0, 0.05) is 36.5 Å². The molecule has 0 aliphatic rings. The van der Waals surface area contributed by atoms with Crippen molar-refractivity contribution in [1.29, 1.82) is 0 Å². The molecule has 0 fully saturated rings. The van der Waals surface area contributed by atoms with Crippen molar-refractivity contribution < 1.29 is 46.3 Å². The number of aromatic nitrogens is 3. The summed E-state index contributed by atoms with van der Waals surface area (Å²) in [6.45, 7) is 2.28. The maximum Gasteiger partial charge on any atom is 0.508 e. The molecule has 218 valence electrons. The van der Waals surface area contributed by atoms with E-state index >= 15 is 0 Å². The largest absolute Gasteiger partial charge is 0.609 e.